The minimum absolute atomic E-state index is 0.132. The molecule has 4 heteroatoms. The maximum absolute atomic E-state index is 13.4. The van der Waals surface area contributed by atoms with Gasteiger partial charge in [0.2, 0.25) is 0 Å². The van der Waals surface area contributed by atoms with Gasteiger partial charge in [0, 0.05) is 22.3 Å². The molecule has 0 radical (unpaired) electrons. The third-order valence-corrected chi connectivity index (χ3v) is 5.54. The summed E-state index contributed by atoms with van der Waals surface area (Å²) in [6.07, 6.45) is 0. The Morgan fingerprint density at radius 3 is 2.43 bits per heavy atom. The minimum atomic E-state index is -0.177. The number of aromatic amines is 1. The number of carbonyl (C=O) groups excluding carboxylic acids is 1. The predicted octanol–water partition coefficient (Wildman–Crippen LogP) is 5.30. The van der Waals surface area contributed by atoms with E-state index >= 15 is 0 Å². The van der Waals surface area contributed by atoms with Gasteiger partial charge in [0.05, 0.1) is 6.54 Å². The normalized spacial score (nSPS) is 10.9. The molecule has 0 unspecified atom stereocenters. The Balaban J connectivity index is 1.82. The van der Waals surface area contributed by atoms with Crippen LogP contribution in [0, 0.1) is 20.8 Å². The van der Waals surface area contributed by atoms with Crippen molar-refractivity contribution >= 4 is 22.5 Å². The van der Waals surface area contributed by atoms with E-state index in [4.69, 9.17) is 0 Å². The molecule has 4 nitrogen and oxygen atoms in total. The van der Waals surface area contributed by atoms with Gasteiger partial charge in [-0.1, -0.05) is 42.5 Å². The average molecular weight is 396 g/mol. The molecule has 1 heterocycles. The first kappa shape index (κ1) is 19.6. The minimum Gasteiger partial charge on any atom is -0.322 e. The molecule has 0 aliphatic rings. The van der Waals surface area contributed by atoms with Crippen LogP contribution in [-0.2, 0) is 6.54 Å². The molecule has 1 aromatic heterocycles. The van der Waals surface area contributed by atoms with Crippen LogP contribution in [0.1, 0.15) is 32.6 Å². The first-order valence-electron chi connectivity index (χ1n) is 10.00. The maximum atomic E-state index is 13.4. The second-order valence-corrected chi connectivity index (χ2v) is 7.69. The Kier molecular flexibility index (Phi) is 5.23. The number of anilines is 1. The third kappa shape index (κ3) is 3.77. The molecule has 0 bridgehead atoms. The van der Waals surface area contributed by atoms with Gasteiger partial charge in [-0.15, -0.1) is 0 Å². The molecule has 0 atom stereocenters. The number of aromatic nitrogens is 1. The summed E-state index contributed by atoms with van der Waals surface area (Å²) in [7, 11) is 0. The molecule has 0 spiro atoms. The summed E-state index contributed by atoms with van der Waals surface area (Å²) < 4.78 is 0. The summed E-state index contributed by atoms with van der Waals surface area (Å²) in [6, 6.07) is 22.9. The molecule has 30 heavy (non-hydrogen) atoms. The molecule has 1 N–H and O–H groups in total. The molecular weight excluding hydrogens is 372 g/mol. The van der Waals surface area contributed by atoms with Gasteiger partial charge < -0.3 is 9.88 Å². The highest BCUT2D eigenvalue weighted by atomic mass is 16.2. The molecule has 4 rings (SSSR count). The van der Waals surface area contributed by atoms with Crippen LogP contribution >= 0.6 is 0 Å². The molecule has 0 aliphatic heterocycles. The Morgan fingerprint density at radius 1 is 0.900 bits per heavy atom. The summed E-state index contributed by atoms with van der Waals surface area (Å²) >= 11 is 0. The van der Waals surface area contributed by atoms with E-state index in [1.807, 2.05) is 81.4 Å². The molecule has 150 valence electrons. The topological polar surface area (TPSA) is 53.2 Å². The van der Waals surface area contributed by atoms with Crippen molar-refractivity contribution in [2.45, 2.75) is 27.3 Å². The van der Waals surface area contributed by atoms with Gasteiger partial charge in [-0.25, -0.2) is 0 Å². The number of benzene rings is 3. The largest absolute Gasteiger partial charge is 0.322 e. The Labute approximate surface area is 175 Å². The number of fused-ring (bicyclic) bond motifs is 1. The fraction of sp³-hybridized carbons (Fsp3) is 0.154. The van der Waals surface area contributed by atoms with Crippen LogP contribution in [0.25, 0.3) is 10.9 Å². The molecule has 0 aliphatic carbocycles. The van der Waals surface area contributed by atoms with Gasteiger partial charge in [-0.05, 0) is 73.2 Å². The lowest BCUT2D eigenvalue weighted by atomic mass is 10.0. The van der Waals surface area contributed by atoms with Crippen LogP contribution in [0.2, 0.25) is 0 Å². The van der Waals surface area contributed by atoms with E-state index in [9.17, 15) is 9.59 Å². The van der Waals surface area contributed by atoms with Crippen LogP contribution in [0.4, 0.5) is 5.69 Å². The van der Waals surface area contributed by atoms with Crippen molar-refractivity contribution in [3.63, 3.8) is 0 Å². The van der Waals surface area contributed by atoms with Crippen molar-refractivity contribution in [3.8, 4) is 0 Å². The zero-order chi connectivity index (χ0) is 21.3. The number of hydrogen-bond donors (Lipinski definition) is 1. The van der Waals surface area contributed by atoms with Crippen LogP contribution in [0.15, 0.2) is 77.6 Å². The summed E-state index contributed by atoms with van der Waals surface area (Å²) in [5.74, 6) is -0.132. The summed E-state index contributed by atoms with van der Waals surface area (Å²) in [6.45, 7) is 6.21. The van der Waals surface area contributed by atoms with E-state index in [1.54, 1.807) is 17.0 Å². The van der Waals surface area contributed by atoms with Gasteiger partial charge in [0.1, 0.15) is 0 Å². The van der Waals surface area contributed by atoms with E-state index in [0.717, 1.165) is 33.3 Å². The zero-order valence-corrected chi connectivity index (χ0v) is 17.4. The lowest BCUT2D eigenvalue weighted by Crippen LogP contribution is -2.33. The molecule has 1 amide bonds. The fourth-order valence-corrected chi connectivity index (χ4v) is 3.68. The first-order chi connectivity index (χ1) is 14.4. The number of hydrogen-bond acceptors (Lipinski definition) is 2. The second-order valence-electron chi connectivity index (χ2n) is 7.69. The van der Waals surface area contributed by atoms with E-state index in [2.05, 4.69) is 4.98 Å². The van der Waals surface area contributed by atoms with E-state index < -0.39 is 0 Å². The molecule has 0 saturated carbocycles. The highest BCUT2D eigenvalue weighted by Gasteiger charge is 2.21. The quantitative estimate of drug-likeness (QED) is 0.509. The molecular formula is C26H24N2O2. The first-order valence-corrected chi connectivity index (χ1v) is 10.00. The number of rotatable bonds is 4. The average Bonchev–Trinajstić information content (AvgIpc) is 2.75. The second kappa shape index (κ2) is 7.99. The molecule has 0 fully saturated rings. The van der Waals surface area contributed by atoms with Crippen LogP contribution in [0.5, 0.6) is 0 Å². The van der Waals surface area contributed by atoms with Gasteiger partial charge >= 0.3 is 0 Å². The summed E-state index contributed by atoms with van der Waals surface area (Å²) in [5.41, 5.74) is 5.79. The van der Waals surface area contributed by atoms with E-state index in [0.29, 0.717) is 11.1 Å². The zero-order valence-electron chi connectivity index (χ0n) is 17.4. The number of carbonyl (C=O) groups is 1. The van der Waals surface area contributed by atoms with Crippen LogP contribution < -0.4 is 10.5 Å². The number of amides is 1. The van der Waals surface area contributed by atoms with Crippen LogP contribution in [0.3, 0.4) is 0 Å². The highest BCUT2D eigenvalue weighted by Crippen LogP contribution is 2.26. The van der Waals surface area contributed by atoms with Crippen molar-refractivity contribution in [3.05, 3.63) is 111 Å². The highest BCUT2D eigenvalue weighted by molar-refractivity contribution is 6.06. The maximum Gasteiger partial charge on any atom is 0.258 e. The van der Waals surface area contributed by atoms with Crippen molar-refractivity contribution in [1.29, 1.82) is 0 Å². The SMILES string of the molecule is Cc1ccc2cc(CN(C(=O)c3ccccc3)c3cccc(C)c3C)c(=O)[nH]c2c1. The lowest BCUT2D eigenvalue weighted by molar-refractivity contribution is 0.0985. The Morgan fingerprint density at radius 2 is 1.67 bits per heavy atom. The standard InChI is InChI=1S/C26H24N2O2/c1-17-12-13-21-15-22(25(29)27-23(21)14-17)16-28(24-11-7-8-18(2)19(24)3)26(30)20-9-5-4-6-10-20/h4-15H,16H2,1-3H3,(H,27,29). The third-order valence-electron chi connectivity index (χ3n) is 5.54. The molecule has 0 saturated heterocycles. The molecule has 3 aromatic carbocycles. The van der Waals surface area contributed by atoms with Gasteiger partial charge in [0.25, 0.3) is 11.5 Å². The number of pyridine rings is 1. The Hall–Kier alpha value is -3.66. The number of H-pyrrole nitrogens is 1. The Bertz CT molecular complexity index is 1290. The van der Waals surface area contributed by atoms with Crippen LogP contribution in [-0.4, -0.2) is 10.9 Å². The van der Waals surface area contributed by atoms with E-state index in [1.165, 1.54) is 0 Å². The predicted molar refractivity (Wildman–Crippen MR) is 122 cm³/mol. The fourth-order valence-electron chi connectivity index (χ4n) is 3.68. The monoisotopic (exact) mass is 396 g/mol. The summed E-state index contributed by atoms with van der Waals surface area (Å²) in [4.78, 5) is 30.9. The van der Waals surface area contributed by atoms with E-state index in [-0.39, 0.29) is 18.0 Å². The molecule has 4 aromatic rings. The van der Waals surface area contributed by atoms with Crippen molar-refractivity contribution in [2.75, 3.05) is 4.90 Å². The summed E-state index contributed by atoms with van der Waals surface area (Å²) in [5, 5.41) is 0.947. The number of aryl methyl sites for hydroxylation is 2. The van der Waals surface area contributed by atoms with Gasteiger partial charge in [-0.2, -0.15) is 0 Å². The van der Waals surface area contributed by atoms with Gasteiger partial charge in [-0.3, -0.25) is 9.59 Å². The van der Waals surface area contributed by atoms with Crippen molar-refractivity contribution in [1.82, 2.24) is 4.98 Å². The smallest absolute Gasteiger partial charge is 0.258 e. The van der Waals surface area contributed by atoms with Crippen molar-refractivity contribution < 1.29 is 4.79 Å². The lowest BCUT2D eigenvalue weighted by Gasteiger charge is -2.25. The van der Waals surface area contributed by atoms with Gasteiger partial charge in [0.15, 0.2) is 0 Å². The number of nitrogens with zero attached hydrogens (tertiary/aromatic N) is 1. The number of nitrogens with one attached hydrogen (secondary N) is 1. The van der Waals surface area contributed by atoms with Crippen molar-refractivity contribution in [2.24, 2.45) is 0 Å².